The molecule has 0 unspecified atom stereocenters. The zero-order valence-corrected chi connectivity index (χ0v) is 19.8. The van der Waals surface area contributed by atoms with E-state index in [4.69, 9.17) is 13.9 Å². The number of urea groups is 1. The molecule has 3 amide bonds. The van der Waals surface area contributed by atoms with Crippen LogP contribution < -0.4 is 20.1 Å². The van der Waals surface area contributed by atoms with Crippen LogP contribution in [-0.4, -0.2) is 43.6 Å². The van der Waals surface area contributed by atoms with Gasteiger partial charge in [0.1, 0.15) is 17.6 Å². The van der Waals surface area contributed by atoms with Crippen LogP contribution in [0.3, 0.4) is 0 Å². The average molecular weight is 482 g/mol. The van der Waals surface area contributed by atoms with Crippen LogP contribution in [0.2, 0.25) is 0 Å². The minimum atomic E-state index is -0.780. The number of carbonyl (C=O) groups is 2. The summed E-state index contributed by atoms with van der Waals surface area (Å²) in [6, 6.07) is 11.6. The van der Waals surface area contributed by atoms with Gasteiger partial charge in [-0.05, 0) is 66.4 Å². The highest BCUT2D eigenvalue weighted by atomic mass is 19.1. The molecule has 0 saturated heterocycles. The monoisotopic (exact) mass is 481 g/mol. The molecule has 9 heteroatoms. The van der Waals surface area contributed by atoms with Gasteiger partial charge in [-0.3, -0.25) is 4.79 Å². The van der Waals surface area contributed by atoms with Gasteiger partial charge in [0, 0.05) is 6.54 Å². The molecule has 2 N–H and O–H groups in total. The predicted molar refractivity (Wildman–Crippen MR) is 127 cm³/mol. The lowest BCUT2D eigenvalue weighted by molar-refractivity contribution is -0.122. The van der Waals surface area contributed by atoms with Crippen LogP contribution in [0.5, 0.6) is 11.5 Å². The summed E-state index contributed by atoms with van der Waals surface area (Å²) in [5, 5.41) is 5.53. The molecule has 3 aromatic rings. The molecule has 0 spiro atoms. The molecule has 2 aromatic carbocycles. The molecule has 2 heterocycles. The Kier molecular flexibility index (Phi) is 7.24. The second-order valence-electron chi connectivity index (χ2n) is 8.27. The number of methoxy groups -OCH3 is 2. The highest BCUT2D eigenvalue weighted by molar-refractivity contribution is 5.87. The van der Waals surface area contributed by atoms with E-state index in [1.54, 1.807) is 50.3 Å². The van der Waals surface area contributed by atoms with Gasteiger partial charge < -0.3 is 29.4 Å². The van der Waals surface area contributed by atoms with Crippen molar-refractivity contribution in [1.82, 2.24) is 15.5 Å². The van der Waals surface area contributed by atoms with E-state index in [2.05, 4.69) is 10.6 Å². The van der Waals surface area contributed by atoms with Gasteiger partial charge in [-0.25, -0.2) is 9.18 Å². The number of rotatable bonds is 7. The lowest BCUT2D eigenvalue weighted by Crippen LogP contribution is -2.52. The molecular formula is C26H28FN3O5. The maximum Gasteiger partial charge on any atom is 0.318 e. The smallest absolute Gasteiger partial charge is 0.318 e. The van der Waals surface area contributed by atoms with Crippen molar-refractivity contribution in [3.63, 3.8) is 0 Å². The lowest BCUT2D eigenvalue weighted by Gasteiger charge is -2.38. The van der Waals surface area contributed by atoms with Crippen LogP contribution in [-0.2, 0) is 17.8 Å². The van der Waals surface area contributed by atoms with Gasteiger partial charge in [-0.1, -0.05) is 12.1 Å². The van der Waals surface area contributed by atoms with Crippen LogP contribution in [0, 0.1) is 5.82 Å². The molecule has 0 radical (unpaired) electrons. The fraction of sp³-hybridized carbons (Fsp3) is 0.308. The van der Waals surface area contributed by atoms with Crippen molar-refractivity contribution in [2.24, 2.45) is 0 Å². The van der Waals surface area contributed by atoms with Gasteiger partial charge in [0.25, 0.3) is 0 Å². The summed E-state index contributed by atoms with van der Waals surface area (Å²) in [5.74, 6) is 1.05. The second kappa shape index (κ2) is 10.5. The fourth-order valence-corrected chi connectivity index (χ4v) is 4.24. The lowest BCUT2D eigenvalue weighted by atomic mass is 9.88. The molecule has 0 bridgehead atoms. The van der Waals surface area contributed by atoms with Crippen molar-refractivity contribution < 1.29 is 27.9 Å². The van der Waals surface area contributed by atoms with Crippen LogP contribution >= 0.6 is 0 Å². The third-order valence-corrected chi connectivity index (χ3v) is 6.07. The van der Waals surface area contributed by atoms with Crippen molar-refractivity contribution in [3.05, 3.63) is 83.1 Å². The van der Waals surface area contributed by atoms with E-state index in [1.165, 1.54) is 18.4 Å². The first-order valence-corrected chi connectivity index (χ1v) is 11.3. The summed E-state index contributed by atoms with van der Waals surface area (Å²) in [4.78, 5) is 27.6. The van der Waals surface area contributed by atoms with Crippen molar-refractivity contribution in [3.8, 4) is 11.5 Å². The van der Waals surface area contributed by atoms with Crippen LogP contribution in [0.1, 0.15) is 35.4 Å². The molecule has 0 saturated carbocycles. The maximum absolute atomic E-state index is 13.7. The Morgan fingerprint density at radius 3 is 2.51 bits per heavy atom. The van der Waals surface area contributed by atoms with Crippen LogP contribution in [0.25, 0.3) is 0 Å². The van der Waals surface area contributed by atoms with E-state index in [0.29, 0.717) is 30.2 Å². The highest BCUT2D eigenvalue weighted by Crippen LogP contribution is 2.41. The summed E-state index contributed by atoms with van der Waals surface area (Å²) in [5.41, 5.74) is 2.60. The van der Waals surface area contributed by atoms with Gasteiger partial charge in [0.15, 0.2) is 11.5 Å². The molecule has 0 aliphatic carbocycles. The van der Waals surface area contributed by atoms with Gasteiger partial charge in [0.2, 0.25) is 5.91 Å². The second-order valence-corrected chi connectivity index (χ2v) is 8.27. The third kappa shape index (κ3) is 5.24. The van der Waals surface area contributed by atoms with E-state index in [0.717, 1.165) is 16.7 Å². The number of halogens is 1. The number of ether oxygens (including phenoxy) is 2. The number of nitrogens with zero attached hydrogens (tertiary/aromatic N) is 1. The highest BCUT2D eigenvalue weighted by Gasteiger charge is 2.34. The molecular weight excluding hydrogens is 453 g/mol. The maximum atomic E-state index is 13.7. The third-order valence-electron chi connectivity index (χ3n) is 6.07. The van der Waals surface area contributed by atoms with Gasteiger partial charge >= 0.3 is 6.03 Å². The molecule has 1 aliphatic rings. The number of nitrogens with one attached hydrogen (secondary N) is 2. The molecule has 8 nitrogen and oxygen atoms in total. The predicted octanol–water partition coefficient (Wildman–Crippen LogP) is 3.80. The first kappa shape index (κ1) is 24.1. The largest absolute Gasteiger partial charge is 0.493 e. The molecule has 1 aromatic heterocycles. The summed E-state index contributed by atoms with van der Waals surface area (Å²) < 4.78 is 29.8. The molecule has 184 valence electrons. The SMILES string of the molecule is COc1cc2c(cc1OC)[C@@H](c1ccc(F)cc1)N(C(=O)N[C@@H](C)C(=O)NCc1ccco1)CC2. The van der Waals surface area contributed by atoms with E-state index >= 15 is 0 Å². The van der Waals surface area contributed by atoms with Crippen molar-refractivity contribution in [2.45, 2.75) is 32.0 Å². The summed E-state index contributed by atoms with van der Waals surface area (Å²) >= 11 is 0. The number of hydrogen-bond acceptors (Lipinski definition) is 5. The quantitative estimate of drug-likeness (QED) is 0.536. The topological polar surface area (TPSA) is 93.0 Å². The summed E-state index contributed by atoms with van der Waals surface area (Å²) in [7, 11) is 3.12. The normalized spacial score (nSPS) is 15.7. The number of furan rings is 1. The van der Waals surface area contributed by atoms with Crippen molar-refractivity contribution in [1.29, 1.82) is 0 Å². The number of benzene rings is 2. The molecule has 1 aliphatic heterocycles. The van der Waals surface area contributed by atoms with E-state index in [9.17, 15) is 14.0 Å². The standard InChI is InChI=1S/C26H28FN3O5/c1-16(25(31)28-15-20-5-4-12-35-20)29-26(32)30-11-10-18-13-22(33-2)23(34-3)14-21(18)24(30)17-6-8-19(27)9-7-17/h4-9,12-14,16,24H,10-11,15H2,1-3H3,(H,28,31)(H,29,32)/t16-,24+/m0/s1. The van der Waals surface area contributed by atoms with Gasteiger partial charge in [-0.15, -0.1) is 0 Å². The van der Waals surface area contributed by atoms with E-state index in [1.807, 2.05) is 12.1 Å². The van der Waals surface area contributed by atoms with Gasteiger partial charge in [0.05, 0.1) is 33.1 Å². The van der Waals surface area contributed by atoms with Crippen molar-refractivity contribution >= 4 is 11.9 Å². The zero-order valence-electron chi connectivity index (χ0n) is 19.8. The Bertz CT molecular complexity index is 1180. The number of amides is 3. The van der Waals surface area contributed by atoms with E-state index < -0.39 is 18.1 Å². The Morgan fingerprint density at radius 2 is 1.86 bits per heavy atom. The van der Waals surface area contributed by atoms with Crippen molar-refractivity contribution in [2.75, 3.05) is 20.8 Å². The fourth-order valence-electron chi connectivity index (χ4n) is 4.24. The first-order chi connectivity index (χ1) is 16.9. The molecule has 2 atom stereocenters. The Balaban J connectivity index is 1.58. The summed E-state index contributed by atoms with van der Waals surface area (Å²) in [6.45, 7) is 2.24. The molecule has 0 fully saturated rings. The van der Waals surface area contributed by atoms with Gasteiger partial charge in [-0.2, -0.15) is 0 Å². The number of fused-ring (bicyclic) bond motifs is 1. The minimum Gasteiger partial charge on any atom is -0.493 e. The molecule has 35 heavy (non-hydrogen) atoms. The Morgan fingerprint density at radius 1 is 1.14 bits per heavy atom. The Labute approximate surface area is 203 Å². The zero-order chi connectivity index (χ0) is 24.9. The minimum absolute atomic E-state index is 0.225. The van der Waals surface area contributed by atoms with Crippen LogP contribution in [0.15, 0.2) is 59.2 Å². The molecule has 4 rings (SSSR count). The first-order valence-electron chi connectivity index (χ1n) is 11.3. The van der Waals surface area contributed by atoms with Crippen LogP contribution in [0.4, 0.5) is 9.18 Å². The average Bonchev–Trinajstić information content (AvgIpc) is 3.39. The van der Waals surface area contributed by atoms with E-state index in [-0.39, 0.29) is 18.3 Å². The Hall–Kier alpha value is -4.01. The summed E-state index contributed by atoms with van der Waals surface area (Å²) in [6.07, 6.45) is 2.11. The number of carbonyl (C=O) groups excluding carboxylic acids is 2. The number of hydrogen-bond donors (Lipinski definition) is 2.